The predicted molar refractivity (Wildman–Crippen MR) is 85.1 cm³/mol. The number of anilines is 1. The standard InChI is InChI=1S/C17H18FN3O3/c1-9(15-10(2)20-24-11(15)3)16(22)19-14-8-21(17(14)23)13-6-4-12(18)5-7-13/h4-7,9,14H,8H2,1-3H3,(H,19,22)/t9-,14+/m0/s1. The van der Waals surface area contributed by atoms with E-state index in [4.69, 9.17) is 4.52 Å². The molecule has 0 bridgehead atoms. The Labute approximate surface area is 138 Å². The van der Waals surface area contributed by atoms with Crippen molar-refractivity contribution in [3.05, 3.63) is 47.1 Å². The highest BCUT2D eigenvalue weighted by Crippen LogP contribution is 2.25. The first-order valence-electron chi connectivity index (χ1n) is 7.68. The number of benzene rings is 1. The summed E-state index contributed by atoms with van der Waals surface area (Å²) >= 11 is 0. The SMILES string of the molecule is Cc1noc(C)c1[C@H](C)C(=O)N[C@@H]1CN(c2ccc(F)cc2)C1=O. The molecule has 1 aliphatic rings. The molecule has 2 atom stereocenters. The molecule has 2 heterocycles. The maximum absolute atomic E-state index is 12.9. The highest BCUT2D eigenvalue weighted by Gasteiger charge is 2.39. The molecule has 1 N–H and O–H groups in total. The molecule has 0 unspecified atom stereocenters. The Morgan fingerprint density at radius 3 is 2.58 bits per heavy atom. The van der Waals surface area contributed by atoms with Gasteiger partial charge in [0.1, 0.15) is 17.6 Å². The first-order chi connectivity index (χ1) is 11.4. The lowest BCUT2D eigenvalue weighted by Gasteiger charge is -2.39. The quantitative estimate of drug-likeness (QED) is 0.870. The normalized spacial score (nSPS) is 18.2. The van der Waals surface area contributed by atoms with Crippen LogP contribution >= 0.6 is 0 Å². The van der Waals surface area contributed by atoms with Gasteiger partial charge in [-0.15, -0.1) is 0 Å². The second-order valence-corrected chi connectivity index (χ2v) is 5.95. The fraction of sp³-hybridized carbons (Fsp3) is 0.353. The minimum Gasteiger partial charge on any atom is -0.361 e. The number of nitrogens with one attached hydrogen (secondary N) is 1. The highest BCUT2D eigenvalue weighted by molar-refractivity contribution is 6.06. The van der Waals surface area contributed by atoms with Crippen LogP contribution in [0.2, 0.25) is 0 Å². The molecule has 1 fully saturated rings. The van der Waals surface area contributed by atoms with E-state index in [0.29, 0.717) is 23.7 Å². The van der Waals surface area contributed by atoms with E-state index < -0.39 is 12.0 Å². The third kappa shape index (κ3) is 2.77. The summed E-state index contributed by atoms with van der Waals surface area (Å²) in [5, 5.41) is 6.59. The molecular weight excluding hydrogens is 313 g/mol. The highest BCUT2D eigenvalue weighted by atomic mass is 19.1. The molecule has 0 saturated carbocycles. The van der Waals surface area contributed by atoms with Gasteiger partial charge >= 0.3 is 0 Å². The van der Waals surface area contributed by atoms with Crippen molar-refractivity contribution in [2.24, 2.45) is 0 Å². The van der Waals surface area contributed by atoms with Gasteiger partial charge in [-0.25, -0.2) is 4.39 Å². The van der Waals surface area contributed by atoms with Crippen molar-refractivity contribution in [3.8, 4) is 0 Å². The number of β-lactam (4-membered cyclic amide) rings is 1. The lowest BCUT2D eigenvalue weighted by molar-refractivity contribution is -0.131. The van der Waals surface area contributed by atoms with E-state index in [1.165, 1.54) is 29.2 Å². The molecule has 6 nitrogen and oxygen atoms in total. The predicted octanol–water partition coefficient (Wildman–Crippen LogP) is 2.07. The van der Waals surface area contributed by atoms with Gasteiger partial charge in [-0.3, -0.25) is 9.59 Å². The third-order valence-corrected chi connectivity index (χ3v) is 4.30. The minimum absolute atomic E-state index is 0.207. The number of rotatable bonds is 4. The number of aryl methyl sites for hydroxylation is 2. The fourth-order valence-corrected chi connectivity index (χ4v) is 2.92. The second kappa shape index (κ2) is 6.07. The Morgan fingerprint density at radius 2 is 2.04 bits per heavy atom. The molecule has 24 heavy (non-hydrogen) atoms. The molecule has 3 rings (SSSR count). The zero-order valence-electron chi connectivity index (χ0n) is 13.7. The van der Waals surface area contributed by atoms with Gasteiger partial charge in [-0.2, -0.15) is 0 Å². The number of carbonyl (C=O) groups is 2. The summed E-state index contributed by atoms with van der Waals surface area (Å²) in [4.78, 5) is 26.1. The van der Waals surface area contributed by atoms with Crippen LogP contribution in [0.25, 0.3) is 0 Å². The number of halogens is 1. The Bertz CT molecular complexity index is 765. The fourth-order valence-electron chi connectivity index (χ4n) is 2.92. The van der Waals surface area contributed by atoms with Gasteiger partial charge in [0.05, 0.1) is 18.2 Å². The van der Waals surface area contributed by atoms with Crippen molar-refractivity contribution in [3.63, 3.8) is 0 Å². The molecule has 2 amide bonds. The molecule has 0 aliphatic carbocycles. The minimum atomic E-state index is -0.564. The maximum Gasteiger partial charge on any atom is 0.251 e. The number of amides is 2. The molecule has 0 spiro atoms. The van der Waals surface area contributed by atoms with E-state index in [1.54, 1.807) is 20.8 Å². The van der Waals surface area contributed by atoms with Crippen LogP contribution in [-0.4, -0.2) is 29.6 Å². The van der Waals surface area contributed by atoms with Gasteiger partial charge in [0.15, 0.2) is 0 Å². The first kappa shape index (κ1) is 16.2. The van der Waals surface area contributed by atoms with Gasteiger partial charge < -0.3 is 14.7 Å². The van der Waals surface area contributed by atoms with Crippen LogP contribution in [0.15, 0.2) is 28.8 Å². The zero-order chi connectivity index (χ0) is 17.4. The summed E-state index contributed by atoms with van der Waals surface area (Å²) in [6.07, 6.45) is 0. The van der Waals surface area contributed by atoms with Crippen molar-refractivity contribution >= 4 is 17.5 Å². The summed E-state index contributed by atoms with van der Waals surface area (Å²) in [6, 6.07) is 5.11. The van der Waals surface area contributed by atoms with E-state index in [-0.39, 0.29) is 17.6 Å². The number of hydrogen-bond donors (Lipinski definition) is 1. The largest absolute Gasteiger partial charge is 0.361 e. The number of aromatic nitrogens is 1. The van der Waals surface area contributed by atoms with Gasteiger partial charge in [0.2, 0.25) is 5.91 Å². The first-order valence-corrected chi connectivity index (χ1v) is 7.68. The van der Waals surface area contributed by atoms with Gasteiger partial charge in [-0.1, -0.05) is 5.16 Å². The van der Waals surface area contributed by atoms with Gasteiger partial charge in [-0.05, 0) is 45.0 Å². The average Bonchev–Trinajstić information content (AvgIpc) is 2.89. The Morgan fingerprint density at radius 1 is 1.38 bits per heavy atom. The number of carbonyl (C=O) groups excluding carboxylic acids is 2. The summed E-state index contributed by atoms with van der Waals surface area (Å²) < 4.78 is 18.0. The molecule has 7 heteroatoms. The molecule has 0 radical (unpaired) electrons. The van der Waals surface area contributed by atoms with Crippen molar-refractivity contribution in [2.45, 2.75) is 32.7 Å². The van der Waals surface area contributed by atoms with Crippen LogP contribution in [0.5, 0.6) is 0 Å². The number of hydrogen-bond acceptors (Lipinski definition) is 4. The topological polar surface area (TPSA) is 75.4 Å². The van der Waals surface area contributed by atoms with Crippen LogP contribution in [0, 0.1) is 19.7 Å². The van der Waals surface area contributed by atoms with Crippen molar-refractivity contribution in [1.82, 2.24) is 10.5 Å². The molecular formula is C17H18FN3O3. The second-order valence-electron chi connectivity index (χ2n) is 5.95. The van der Waals surface area contributed by atoms with Crippen molar-refractivity contribution in [1.29, 1.82) is 0 Å². The van der Waals surface area contributed by atoms with E-state index in [2.05, 4.69) is 10.5 Å². The smallest absolute Gasteiger partial charge is 0.251 e. The Balaban J connectivity index is 1.63. The Kier molecular flexibility index (Phi) is 4.09. The molecule has 126 valence electrons. The maximum atomic E-state index is 12.9. The molecule has 1 aliphatic heterocycles. The van der Waals surface area contributed by atoms with Crippen LogP contribution in [-0.2, 0) is 9.59 Å². The van der Waals surface area contributed by atoms with E-state index in [1.807, 2.05) is 0 Å². The Hall–Kier alpha value is -2.70. The van der Waals surface area contributed by atoms with Gasteiger partial charge in [0.25, 0.3) is 5.91 Å². The van der Waals surface area contributed by atoms with Crippen LogP contribution in [0.4, 0.5) is 10.1 Å². The summed E-state index contributed by atoms with van der Waals surface area (Å²) in [6.45, 7) is 5.65. The van der Waals surface area contributed by atoms with Crippen molar-refractivity contribution < 1.29 is 18.5 Å². The lowest BCUT2D eigenvalue weighted by atomic mass is 9.97. The van der Waals surface area contributed by atoms with Gasteiger partial charge in [0, 0.05) is 11.3 Å². The average molecular weight is 331 g/mol. The third-order valence-electron chi connectivity index (χ3n) is 4.30. The van der Waals surface area contributed by atoms with Crippen molar-refractivity contribution in [2.75, 3.05) is 11.4 Å². The lowest BCUT2D eigenvalue weighted by Crippen LogP contribution is -2.64. The molecule has 1 aromatic carbocycles. The van der Waals surface area contributed by atoms with Crippen LogP contribution in [0.1, 0.15) is 29.9 Å². The van der Waals surface area contributed by atoms with Crippen LogP contribution in [0.3, 0.4) is 0 Å². The zero-order valence-corrected chi connectivity index (χ0v) is 13.7. The molecule has 1 aromatic heterocycles. The number of nitrogens with zero attached hydrogens (tertiary/aromatic N) is 2. The summed E-state index contributed by atoms with van der Waals surface area (Å²) in [7, 11) is 0. The van der Waals surface area contributed by atoms with E-state index in [9.17, 15) is 14.0 Å². The summed E-state index contributed by atoms with van der Waals surface area (Å²) in [5.41, 5.74) is 2.03. The summed E-state index contributed by atoms with van der Waals surface area (Å²) in [5.74, 6) is -0.667. The molecule has 1 saturated heterocycles. The van der Waals surface area contributed by atoms with Crippen LogP contribution < -0.4 is 10.2 Å². The molecule has 2 aromatic rings. The monoisotopic (exact) mass is 331 g/mol. The van der Waals surface area contributed by atoms with E-state index >= 15 is 0 Å². The van der Waals surface area contributed by atoms with E-state index in [0.717, 1.165) is 5.56 Å².